The van der Waals surface area contributed by atoms with Gasteiger partial charge >= 0.3 is 12.1 Å². The van der Waals surface area contributed by atoms with Crippen LogP contribution in [0.1, 0.15) is 43.9 Å². The van der Waals surface area contributed by atoms with E-state index in [-0.39, 0.29) is 18.2 Å². The molecular formula is C30H30N2O6. The van der Waals surface area contributed by atoms with Gasteiger partial charge in [0.1, 0.15) is 17.7 Å². The van der Waals surface area contributed by atoms with E-state index in [0.717, 1.165) is 16.7 Å². The third-order valence-electron chi connectivity index (χ3n) is 6.16. The van der Waals surface area contributed by atoms with E-state index in [0.29, 0.717) is 12.0 Å². The van der Waals surface area contributed by atoms with Crippen molar-refractivity contribution in [2.75, 3.05) is 0 Å². The zero-order valence-corrected chi connectivity index (χ0v) is 21.5. The van der Waals surface area contributed by atoms with Crippen molar-refractivity contribution < 1.29 is 24.0 Å². The van der Waals surface area contributed by atoms with Gasteiger partial charge in [-0.05, 0) is 61.6 Å². The highest BCUT2D eigenvalue weighted by molar-refractivity contribution is 5.91. The lowest BCUT2D eigenvalue weighted by molar-refractivity contribution is -0.384. The number of esters is 1. The van der Waals surface area contributed by atoms with Gasteiger partial charge in [0, 0.05) is 18.1 Å². The maximum Gasteiger partial charge on any atom is 0.408 e. The van der Waals surface area contributed by atoms with Crippen LogP contribution in [0.2, 0.25) is 0 Å². The SMILES string of the molecule is CC(C)(C)OC(=O)N[C@]1(C(=O)OCc2ccc([N+](=O)[O-])cc2)C[C@H]1C=C(c1ccccc1)c1ccccc1. The van der Waals surface area contributed by atoms with Crippen LogP contribution in [0.3, 0.4) is 0 Å². The number of ether oxygens (including phenoxy) is 2. The van der Waals surface area contributed by atoms with Crippen molar-refractivity contribution in [2.45, 2.75) is 44.9 Å². The molecule has 2 atom stereocenters. The number of amides is 1. The van der Waals surface area contributed by atoms with Gasteiger partial charge in [0.25, 0.3) is 5.69 Å². The first kappa shape index (κ1) is 26.6. The second-order valence-electron chi connectivity index (χ2n) is 10.2. The maximum absolute atomic E-state index is 13.4. The number of carbonyl (C=O) groups is 2. The Morgan fingerprint density at radius 1 is 0.974 bits per heavy atom. The Morgan fingerprint density at radius 2 is 1.53 bits per heavy atom. The molecule has 1 aliphatic carbocycles. The van der Waals surface area contributed by atoms with Crippen molar-refractivity contribution >= 4 is 23.3 Å². The van der Waals surface area contributed by atoms with E-state index in [1.54, 1.807) is 20.8 Å². The molecule has 0 radical (unpaired) electrons. The number of nitro benzene ring substituents is 1. The average molecular weight is 515 g/mol. The number of nitrogens with one attached hydrogen (secondary N) is 1. The highest BCUT2D eigenvalue weighted by atomic mass is 16.6. The maximum atomic E-state index is 13.4. The van der Waals surface area contributed by atoms with E-state index in [4.69, 9.17) is 9.47 Å². The molecule has 0 heterocycles. The standard InChI is InChI=1S/C30H30N2O6/c1-29(2,3)38-28(34)31-30(27(33)37-20-21-14-16-25(17-15-21)32(35)36)19-24(30)18-26(22-10-6-4-7-11-22)23-12-8-5-9-13-23/h4-18,24H,19-20H2,1-3H3,(H,31,34)/t24-,30-/m1/s1. The normalized spacial score (nSPS) is 18.1. The minimum Gasteiger partial charge on any atom is -0.459 e. The molecule has 196 valence electrons. The second kappa shape index (κ2) is 10.9. The molecule has 3 aromatic carbocycles. The lowest BCUT2D eigenvalue weighted by Gasteiger charge is -2.23. The monoisotopic (exact) mass is 514 g/mol. The Balaban J connectivity index is 1.60. The summed E-state index contributed by atoms with van der Waals surface area (Å²) in [6.07, 6.45) is 1.63. The quantitative estimate of drug-likeness (QED) is 0.223. The van der Waals surface area contributed by atoms with Gasteiger partial charge in [0.2, 0.25) is 0 Å². The average Bonchev–Trinajstić information content (AvgIpc) is 3.58. The molecule has 1 amide bonds. The smallest absolute Gasteiger partial charge is 0.408 e. The molecule has 8 nitrogen and oxygen atoms in total. The first-order valence-corrected chi connectivity index (χ1v) is 12.3. The number of alkyl carbamates (subject to hydrolysis) is 1. The van der Waals surface area contributed by atoms with Crippen LogP contribution in [0.15, 0.2) is 91.0 Å². The van der Waals surface area contributed by atoms with Crippen LogP contribution in [-0.4, -0.2) is 28.1 Å². The summed E-state index contributed by atoms with van der Waals surface area (Å²) in [5.41, 5.74) is 1.41. The fraction of sp³-hybridized carbons (Fsp3) is 0.267. The second-order valence-corrected chi connectivity index (χ2v) is 10.2. The van der Waals surface area contributed by atoms with Crippen molar-refractivity contribution in [3.05, 3.63) is 118 Å². The van der Waals surface area contributed by atoms with Gasteiger partial charge < -0.3 is 14.8 Å². The molecule has 0 aliphatic heterocycles. The minimum atomic E-state index is -1.29. The van der Waals surface area contributed by atoms with Gasteiger partial charge in [0.15, 0.2) is 0 Å². The summed E-state index contributed by atoms with van der Waals surface area (Å²) < 4.78 is 11.0. The van der Waals surface area contributed by atoms with E-state index in [1.807, 2.05) is 66.7 Å². The van der Waals surface area contributed by atoms with Crippen LogP contribution in [0, 0.1) is 16.0 Å². The first-order chi connectivity index (χ1) is 18.1. The minimum absolute atomic E-state index is 0.0510. The molecule has 38 heavy (non-hydrogen) atoms. The van der Waals surface area contributed by atoms with Crippen LogP contribution < -0.4 is 5.32 Å². The number of nitrogens with zero attached hydrogens (tertiary/aromatic N) is 1. The Hall–Kier alpha value is -4.46. The van der Waals surface area contributed by atoms with Crippen LogP contribution in [0.4, 0.5) is 10.5 Å². The van der Waals surface area contributed by atoms with Gasteiger partial charge in [-0.2, -0.15) is 0 Å². The van der Waals surface area contributed by atoms with Gasteiger partial charge in [0.05, 0.1) is 4.92 Å². The predicted octanol–water partition coefficient (Wildman–Crippen LogP) is 6.05. The zero-order valence-electron chi connectivity index (χ0n) is 21.5. The fourth-order valence-corrected chi connectivity index (χ4v) is 4.19. The van der Waals surface area contributed by atoms with E-state index >= 15 is 0 Å². The largest absolute Gasteiger partial charge is 0.459 e. The molecule has 3 aromatic rings. The Bertz CT molecular complexity index is 1290. The highest BCUT2D eigenvalue weighted by Gasteiger charge is 2.62. The molecule has 8 heteroatoms. The third-order valence-corrected chi connectivity index (χ3v) is 6.16. The van der Waals surface area contributed by atoms with Crippen LogP contribution in [-0.2, 0) is 20.9 Å². The summed E-state index contributed by atoms with van der Waals surface area (Å²) in [4.78, 5) is 36.6. The van der Waals surface area contributed by atoms with Crippen LogP contribution in [0.5, 0.6) is 0 Å². The summed E-state index contributed by atoms with van der Waals surface area (Å²) in [5.74, 6) is -0.932. The molecule has 0 bridgehead atoms. The molecule has 0 unspecified atom stereocenters. The van der Waals surface area contributed by atoms with Crippen molar-refractivity contribution in [2.24, 2.45) is 5.92 Å². The summed E-state index contributed by atoms with van der Waals surface area (Å²) in [6, 6.07) is 25.4. The number of carbonyl (C=O) groups excluding carboxylic acids is 2. The van der Waals surface area contributed by atoms with Crippen molar-refractivity contribution in [1.29, 1.82) is 0 Å². The number of non-ortho nitro benzene ring substituents is 1. The molecule has 1 saturated carbocycles. The summed E-state index contributed by atoms with van der Waals surface area (Å²) in [6.45, 7) is 5.16. The molecular weight excluding hydrogens is 484 g/mol. The van der Waals surface area contributed by atoms with Gasteiger partial charge in [-0.15, -0.1) is 0 Å². The predicted molar refractivity (Wildman–Crippen MR) is 143 cm³/mol. The molecule has 1 N–H and O–H groups in total. The molecule has 0 aromatic heterocycles. The molecule has 1 fully saturated rings. The number of rotatable bonds is 8. The van der Waals surface area contributed by atoms with Crippen molar-refractivity contribution in [3.8, 4) is 0 Å². The van der Waals surface area contributed by atoms with Gasteiger partial charge in [-0.25, -0.2) is 9.59 Å². The van der Waals surface area contributed by atoms with E-state index < -0.39 is 28.1 Å². The molecule has 0 saturated heterocycles. The third kappa shape index (κ3) is 6.45. The summed E-state index contributed by atoms with van der Waals surface area (Å²) >= 11 is 0. The van der Waals surface area contributed by atoms with E-state index in [1.165, 1.54) is 24.3 Å². The molecule has 0 spiro atoms. The fourth-order valence-electron chi connectivity index (χ4n) is 4.19. The lowest BCUT2D eigenvalue weighted by atomic mass is 9.96. The molecule has 4 rings (SSSR count). The van der Waals surface area contributed by atoms with Gasteiger partial charge in [-0.3, -0.25) is 10.1 Å². The first-order valence-electron chi connectivity index (χ1n) is 12.3. The lowest BCUT2D eigenvalue weighted by Crippen LogP contribution is -2.47. The number of nitro groups is 1. The van der Waals surface area contributed by atoms with E-state index in [2.05, 4.69) is 5.32 Å². The van der Waals surface area contributed by atoms with Crippen molar-refractivity contribution in [3.63, 3.8) is 0 Å². The molecule has 1 aliphatic rings. The highest BCUT2D eigenvalue weighted by Crippen LogP contribution is 2.48. The number of benzene rings is 3. The van der Waals surface area contributed by atoms with Crippen LogP contribution >= 0.6 is 0 Å². The number of hydrogen-bond donors (Lipinski definition) is 1. The van der Waals surface area contributed by atoms with Gasteiger partial charge in [-0.1, -0.05) is 66.7 Å². The summed E-state index contributed by atoms with van der Waals surface area (Å²) in [7, 11) is 0. The Kier molecular flexibility index (Phi) is 7.62. The summed E-state index contributed by atoms with van der Waals surface area (Å²) in [5, 5.41) is 13.7. The van der Waals surface area contributed by atoms with Crippen LogP contribution in [0.25, 0.3) is 5.57 Å². The topological polar surface area (TPSA) is 108 Å². The zero-order chi connectivity index (χ0) is 27.3. The van der Waals surface area contributed by atoms with E-state index in [9.17, 15) is 19.7 Å². The Morgan fingerprint density at radius 3 is 2.03 bits per heavy atom. The van der Waals surface area contributed by atoms with Crippen molar-refractivity contribution in [1.82, 2.24) is 5.32 Å². The Labute approximate surface area is 221 Å². The number of hydrogen-bond acceptors (Lipinski definition) is 6.